The fourth-order valence-electron chi connectivity index (χ4n) is 2.34. The average molecular weight is 223 g/mol. The smallest absolute Gasteiger partial charge is 0.0628 e. The molecule has 0 saturated heterocycles. The van der Waals surface area contributed by atoms with Crippen molar-refractivity contribution in [1.82, 2.24) is 15.1 Å². The van der Waals surface area contributed by atoms with Crippen molar-refractivity contribution in [3.8, 4) is 0 Å². The van der Waals surface area contributed by atoms with Crippen LogP contribution in [0.1, 0.15) is 43.8 Å². The molecule has 1 heterocycles. The highest BCUT2D eigenvalue weighted by atomic mass is 15.3. The summed E-state index contributed by atoms with van der Waals surface area (Å²) in [5, 5.41) is 7.91. The molecular formula is C13H25N3. The minimum Gasteiger partial charge on any atom is -0.319 e. The molecule has 0 aromatic carbocycles. The van der Waals surface area contributed by atoms with Crippen LogP contribution in [0.2, 0.25) is 0 Å². The lowest BCUT2D eigenvalue weighted by Gasteiger charge is -2.21. The van der Waals surface area contributed by atoms with Crippen molar-refractivity contribution in [1.29, 1.82) is 0 Å². The van der Waals surface area contributed by atoms with E-state index in [0.29, 0.717) is 12.0 Å². The molecule has 3 heteroatoms. The second kappa shape index (κ2) is 5.48. The highest BCUT2D eigenvalue weighted by Gasteiger charge is 2.18. The van der Waals surface area contributed by atoms with E-state index >= 15 is 0 Å². The maximum atomic E-state index is 4.67. The first kappa shape index (κ1) is 13.2. The van der Waals surface area contributed by atoms with Gasteiger partial charge in [0.2, 0.25) is 0 Å². The van der Waals surface area contributed by atoms with Crippen LogP contribution < -0.4 is 5.32 Å². The quantitative estimate of drug-likeness (QED) is 0.831. The van der Waals surface area contributed by atoms with Crippen LogP contribution in [0.15, 0.2) is 0 Å². The van der Waals surface area contributed by atoms with Crippen LogP contribution in [0.3, 0.4) is 0 Å². The molecule has 0 fully saturated rings. The van der Waals surface area contributed by atoms with Gasteiger partial charge in [0, 0.05) is 5.69 Å². The van der Waals surface area contributed by atoms with E-state index in [4.69, 9.17) is 0 Å². The monoisotopic (exact) mass is 223 g/mol. The maximum absolute atomic E-state index is 4.67. The van der Waals surface area contributed by atoms with Gasteiger partial charge in [0.25, 0.3) is 0 Å². The average Bonchev–Trinajstić information content (AvgIpc) is 2.53. The van der Waals surface area contributed by atoms with Crippen molar-refractivity contribution in [3.63, 3.8) is 0 Å². The van der Waals surface area contributed by atoms with Gasteiger partial charge in [0.15, 0.2) is 0 Å². The van der Waals surface area contributed by atoms with Gasteiger partial charge in [-0.3, -0.25) is 4.68 Å². The van der Waals surface area contributed by atoms with Gasteiger partial charge in [-0.1, -0.05) is 13.8 Å². The summed E-state index contributed by atoms with van der Waals surface area (Å²) >= 11 is 0. The molecule has 92 valence electrons. The topological polar surface area (TPSA) is 29.9 Å². The van der Waals surface area contributed by atoms with Crippen molar-refractivity contribution in [2.45, 2.75) is 47.1 Å². The Bertz CT molecular complexity index is 341. The first-order valence-corrected chi connectivity index (χ1v) is 6.22. The Kier molecular flexibility index (Phi) is 4.54. The summed E-state index contributed by atoms with van der Waals surface area (Å²) in [5.41, 5.74) is 3.92. The summed E-state index contributed by atoms with van der Waals surface area (Å²) in [7, 11) is 2.00. The van der Waals surface area contributed by atoms with E-state index in [0.717, 1.165) is 13.0 Å². The Morgan fingerprint density at radius 3 is 2.38 bits per heavy atom. The van der Waals surface area contributed by atoms with Gasteiger partial charge in [-0.05, 0) is 52.3 Å². The van der Waals surface area contributed by atoms with Crippen LogP contribution in [0.5, 0.6) is 0 Å². The molecule has 0 spiro atoms. The van der Waals surface area contributed by atoms with Crippen molar-refractivity contribution in [3.05, 3.63) is 17.0 Å². The summed E-state index contributed by atoms with van der Waals surface area (Å²) in [6, 6.07) is 0.450. The lowest BCUT2D eigenvalue weighted by atomic mass is 10.0. The molecule has 16 heavy (non-hydrogen) atoms. The van der Waals surface area contributed by atoms with Gasteiger partial charge in [-0.2, -0.15) is 5.10 Å². The first-order valence-electron chi connectivity index (χ1n) is 6.22. The van der Waals surface area contributed by atoms with Crippen LogP contribution in [0.25, 0.3) is 0 Å². The minimum atomic E-state index is 0.450. The fraction of sp³-hybridized carbons (Fsp3) is 0.769. The molecule has 0 aliphatic carbocycles. The fourth-order valence-corrected chi connectivity index (χ4v) is 2.34. The molecule has 2 atom stereocenters. The normalized spacial score (nSPS) is 15.1. The third-order valence-corrected chi connectivity index (χ3v) is 3.56. The van der Waals surface area contributed by atoms with E-state index in [1.807, 2.05) is 7.05 Å². The van der Waals surface area contributed by atoms with Gasteiger partial charge in [-0.15, -0.1) is 0 Å². The lowest BCUT2D eigenvalue weighted by molar-refractivity contribution is 0.337. The molecular weight excluding hydrogens is 198 g/mol. The SMILES string of the molecule is CCc1c(C)nn(C(C)C(C)CNC)c1C. The molecule has 0 saturated carbocycles. The Balaban J connectivity index is 2.95. The first-order chi connectivity index (χ1) is 7.52. The van der Waals surface area contributed by atoms with E-state index in [1.54, 1.807) is 0 Å². The van der Waals surface area contributed by atoms with Gasteiger partial charge in [0.1, 0.15) is 0 Å². The Morgan fingerprint density at radius 1 is 1.31 bits per heavy atom. The van der Waals surface area contributed by atoms with Gasteiger partial charge >= 0.3 is 0 Å². The minimum absolute atomic E-state index is 0.450. The van der Waals surface area contributed by atoms with Crippen molar-refractivity contribution >= 4 is 0 Å². The Hall–Kier alpha value is -0.830. The van der Waals surface area contributed by atoms with E-state index in [-0.39, 0.29) is 0 Å². The molecule has 0 aliphatic rings. The van der Waals surface area contributed by atoms with Gasteiger partial charge in [-0.25, -0.2) is 0 Å². The van der Waals surface area contributed by atoms with E-state index in [9.17, 15) is 0 Å². The number of aromatic nitrogens is 2. The van der Waals surface area contributed by atoms with Crippen molar-refractivity contribution in [2.75, 3.05) is 13.6 Å². The van der Waals surface area contributed by atoms with Gasteiger partial charge < -0.3 is 5.32 Å². The second-order valence-corrected chi connectivity index (χ2v) is 4.72. The molecule has 1 aromatic rings. The molecule has 1 aromatic heterocycles. The maximum Gasteiger partial charge on any atom is 0.0628 e. The summed E-state index contributed by atoms with van der Waals surface area (Å²) in [6.07, 6.45) is 1.07. The van der Waals surface area contributed by atoms with Crippen LogP contribution in [-0.2, 0) is 6.42 Å². The van der Waals surface area contributed by atoms with Crippen LogP contribution in [-0.4, -0.2) is 23.4 Å². The van der Waals surface area contributed by atoms with Gasteiger partial charge in [0.05, 0.1) is 11.7 Å². The zero-order valence-corrected chi connectivity index (χ0v) is 11.5. The third-order valence-electron chi connectivity index (χ3n) is 3.56. The van der Waals surface area contributed by atoms with E-state index in [2.05, 4.69) is 49.7 Å². The third kappa shape index (κ3) is 2.46. The molecule has 3 nitrogen and oxygen atoms in total. The summed E-state index contributed by atoms with van der Waals surface area (Å²) < 4.78 is 2.19. The zero-order chi connectivity index (χ0) is 12.3. The van der Waals surface area contributed by atoms with Crippen LogP contribution in [0, 0.1) is 19.8 Å². The Morgan fingerprint density at radius 2 is 1.94 bits per heavy atom. The predicted octanol–water partition coefficient (Wildman–Crippen LogP) is 2.48. The van der Waals surface area contributed by atoms with Crippen molar-refractivity contribution < 1.29 is 0 Å². The van der Waals surface area contributed by atoms with Crippen molar-refractivity contribution in [2.24, 2.45) is 5.92 Å². The molecule has 0 radical (unpaired) electrons. The van der Waals surface area contributed by atoms with E-state index in [1.165, 1.54) is 17.0 Å². The van der Waals surface area contributed by atoms with E-state index < -0.39 is 0 Å². The van der Waals surface area contributed by atoms with Crippen LogP contribution in [0.4, 0.5) is 0 Å². The zero-order valence-electron chi connectivity index (χ0n) is 11.5. The summed E-state index contributed by atoms with van der Waals surface area (Å²) in [5.74, 6) is 0.590. The largest absolute Gasteiger partial charge is 0.319 e. The molecule has 0 bridgehead atoms. The Labute approximate surface area is 99.2 Å². The second-order valence-electron chi connectivity index (χ2n) is 4.72. The molecule has 2 unspecified atom stereocenters. The number of hydrogen-bond acceptors (Lipinski definition) is 2. The molecule has 0 amide bonds. The predicted molar refractivity (Wildman–Crippen MR) is 68.9 cm³/mol. The molecule has 1 N–H and O–H groups in total. The van der Waals surface area contributed by atoms with Crippen LogP contribution >= 0.6 is 0 Å². The standard InChI is InChI=1S/C13H25N3/c1-7-13-10(3)15-16(12(13)5)11(4)9(2)8-14-6/h9,11,14H,7-8H2,1-6H3. The highest BCUT2D eigenvalue weighted by Crippen LogP contribution is 2.22. The highest BCUT2D eigenvalue weighted by molar-refractivity contribution is 5.24. The molecule has 1 rings (SSSR count). The lowest BCUT2D eigenvalue weighted by Crippen LogP contribution is -2.25. The number of hydrogen-bond donors (Lipinski definition) is 1. The number of rotatable bonds is 5. The number of nitrogens with one attached hydrogen (secondary N) is 1. The number of nitrogens with zero attached hydrogens (tertiary/aromatic N) is 2. The number of aryl methyl sites for hydroxylation is 1. The summed E-state index contributed by atoms with van der Waals surface area (Å²) in [4.78, 5) is 0. The summed E-state index contributed by atoms with van der Waals surface area (Å²) in [6.45, 7) is 12.0. The molecule has 0 aliphatic heterocycles.